The number of nitrogen functional groups attached to an aromatic ring is 1. The van der Waals surface area contributed by atoms with Crippen molar-refractivity contribution in [2.24, 2.45) is 5.92 Å². The molecule has 1 aromatic heterocycles. The number of hydrogen-bond donors (Lipinski definition) is 1. The highest BCUT2D eigenvalue weighted by molar-refractivity contribution is 5.48. The monoisotopic (exact) mass is 281 g/mol. The molecule has 1 heterocycles. The van der Waals surface area contributed by atoms with E-state index in [2.05, 4.69) is 11.1 Å². The number of hydrogen-bond acceptors (Lipinski definition) is 5. The van der Waals surface area contributed by atoms with Gasteiger partial charge in [0.2, 0.25) is 5.88 Å². The maximum atomic E-state index is 9.11. The molecule has 5 nitrogen and oxygen atoms in total. The van der Waals surface area contributed by atoms with Gasteiger partial charge in [-0.1, -0.05) is 0 Å². The largest absolute Gasteiger partial charge is 0.492 e. The SMILES string of the molecule is N#Cc1ccc(Oc2ccc(N)cn2)cc1OCC1CC1. The first kappa shape index (κ1) is 13.3. The molecular weight excluding hydrogens is 266 g/mol. The van der Waals surface area contributed by atoms with Crippen molar-refractivity contribution in [2.45, 2.75) is 12.8 Å². The fourth-order valence-corrected chi connectivity index (χ4v) is 1.84. The Morgan fingerprint density at radius 3 is 2.81 bits per heavy atom. The predicted molar refractivity (Wildman–Crippen MR) is 78.1 cm³/mol. The highest BCUT2D eigenvalue weighted by Gasteiger charge is 2.22. The Morgan fingerprint density at radius 1 is 1.29 bits per heavy atom. The van der Waals surface area contributed by atoms with Gasteiger partial charge >= 0.3 is 0 Å². The van der Waals surface area contributed by atoms with Gasteiger partial charge in [-0.2, -0.15) is 5.26 Å². The summed E-state index contributed by atoms with van der Waals surface area (Å²) in [5.74, 6) is 2.20. The molecule has 0 atom stereocenters. The summed E-state index contributed by atoms with van der Waals surface area (Å²) in [4.78, 5) is 4.08. The molecule has 0 radical (unpaired) electrons. The van der Waals surface area contributed by atoms with Gasteiger partial charge in [-0.3, -0.25) is 0 Å². The summed E-state index contributed by atoms with van der Waals surface area (Å²) in [5.41, 5.74) is 6.67. The van der Waals surface area contributed by atoms with Crippen LogP contribution in [0.15, 0.2) is 36.5 Å². The van der Waals surface area contributed by atoms with Crippen molar-refractivity contribution in [3.05, 3.63) is 42.1 Å². The van der Waals surface area contributed by atoms with Crippen LogP contribution >= 0.6 is 0 Å². The molecule has 1 aliphatic carbocycles. The average molecular weight is 281 g/mol. The number of ether oxygens (including phenoxy) is 2. The van der Waals surface area contributed by atoms with Gasteiger partial charge < -0.3 is 15.2 Å². The van der Waals surface area contributed by atoms with Gasteiger partial charge in [-0.05, 0) is 37.0 Å². The van der Waals surface area contributed by atoms with Crippen molar-refractivity contribution in [3.63, 3.8) is 0 Å². The van der Waals surface area contributed by atoms with Crippen LogP contribution in [-0.2, 0) is 0 Å². The molecule has 0 amide bonds. The molecular formula is C16H15N3O2. The lowest BCUT2D eigenvalue weighted by molar-refractivity contribution is 0.297. The molecule has 0 bridgehead atoms. The van der Waals surface area contributed by atoms with E-state index in [1.165, 1.54) is 19.0 Å². The van der Waals surface area contributed by atoms with Crippen LogP contribution in [0.2, 0.25) is 0 Å². The Hall–Kier alpha value is -2.74. The number of nitrogens with two attached hydrogens (primary N) is 1. The number of aromatic nitrogens is 1. The van der Waals surface area contributed by atoms with Crippen molar-refractivity contribution in [3.8, 4) is 23.4 Å². The van der Waals surface area contributed by atoms with Gasteiger partial charge in [0.1, 0.15) is 17.6 Å². The van der Waals surface area contributed by atoms with E-state index in [0.29, 0.717) is 41.2 Å². The maximum Gasteiger partial charge on any atom is 0.219 e. The molecule has 106 valence electrons. The first-order valence-corrected chi connectivity index (χ1v) is 6.81. The molecule has 0 spiro atoms. The van der Waals surface area contributed by atoms with Crippen LogP contribution in [-0.4, -0.2) is 11.6 Å². The van der Waals surface area contributed by atoms with Gasteiger partial charge in [0.25, 0.3) is 0 Å². The minimum Gasteiger partial charge on any atom is -0.492 e. The van der Waals surface area contributed by atoms with E-state index in [4.69, 9.17) is 20.5 Å². The van der Waals surface area contributed by atoms with Crippen molar-refractivity contribution in [1.82, 2.24) is 4.98 Å². The third kappa shape index (κ3) is 3.42. The predicted octanol–water partition coefficient (Wildman–Crippen LogP) is 3.12. The molecule has 3 rings (SSSR count). The van der Waals surface area contributed by atoms with Gasteiger partial charge in [-0.15, -0.1) is 0 Å². The second-order valence-electron chi connectivity index (χ2n) is 5.06. The lowest BCUT2D eigenvalue weighted by Crippen LogP contribution is -2.01. The van der Waals surface area contributed by atoms with Crippen LogP contribution in [0.1, 0.15) is 18.4 Å². The van der Waals surface area contributed by atoms with Crippen molar-refractivity contribution < 1.29 is 9.47 Å². The minimum absolute atomic E-state index is 0.446. The van der Waals surface area contributed by atoms with Crippen LogP contribution in [0, 0.1) is 17.2 Å². The number of nitriles is 1. The zero-order valence-electron chi connectivity index (χ0n) is 11.5. The second kappa shape index (κ2) is 5.71. The third-order valence-corrected chi connectivity index (χ3v) is 3.23. The lowest BCUT2D eigenvalue weighted by Gasteiger charge is -2.10. The van der Waals surface area contributed by atoms with Gasteiger partial charge in [0.05, 0.1) is 24.1 Å². The molecule has 21 heavy (non-hydrogen) atoms. The lowest BCUT2D eigenvalue weighted by atomic mass is 10.2. The fraction of sp³-hybridized carbons (Fsp3) is 0.250. The molecule has 1 saturated carbocycles. The van der Waals surface area contributed by atoms with Crippen LogP contribution in [0.4, 0.5) is 5.69 Å². The topological polar surface area (TPSA) is 81.2 Å². The highest BCUT2D eigenvalue weighted by Crippen LogP contribution is 2.32. The molecule has 1 fully saturated rings. The molecule has 5 heteroatoms. The number of rotatable bonds is 5. The minimum atomic E-state index is 0.446. The van der Waals surface area contributed by atoms with E-state index < -0.39 is 0 Å². The molecule has 0 aliphatic heterocycles. The Balaban J connectivity index is 1.76. The standard InChI is InChI=1S/C16H15N3O2/c17-8-12-3-5-14(7-15(12)20-10-11-1-2-11)21-16-6-4-13(18)9-19-16/h3-7,9,11H,1-2,10,18H2. The second-order valence-corrected chi connectivity index (χ2v) is 5.06. The Labute approximate surface area is 122 Å². The summed E-state index contributed by atoms with van der Waals surface area (Å²) in [7, 11) is 0. The number of nitrogens with zero attached hydrogens (tertiary/aromatic N) is 2. The average Bonchev–Trinajstić information content (AvgIpc) is 3.32. The van der Waals surface area contributed by atoms with E-state index in [1.807, 2.05) is 0 Å². The van der Waals surface area contributed by atoms with Crippen LogP contribution < -0.4 is 15.2 Å². The summed E-state index contributed by atoms with van der Waals surface area (Å²) in [6.45, 7) is 0.651. The van der Waals surface area contributed by atoms with Crippen molar-refractivity contribution in [2.75, 3.05) is 12.3 Å². The summed E-state index contributed by atoms with van der Waals surface area (Å²) in [6, 6.07) is 10.7. The smallest absolute Gasteiger partial charge is 0.219 e. The van der Waals surface area contributed by atoms with Crippen LogP contribution in [0.25, 0.3) is 0 Å². The zero-order valence-corrected chi connectivity index (χ0v) is 11.5. The molecule has 0 unspecified atom stereocenters. The van der Waals surface area contributed by atoms with E-state index in [0.717, 1.165) is 0 Å². The first-order valence-electron chi connectivity index (χ1n) is 6.81. The Bertz CT molecular complexity index is 673. The van der Waals surface area contributed by atoms with Crippen molar-refractivity contribution >= 4 is 5.69 Å². The summed E-state index contributed by atoms with van der Waals surface area (Å²) in [6.07, 6.45) is 3.93. The van der Waals surface area contributed by atoms with Crippen molar-refractivity contribution in [1.29, 1.82) is 5.26 Å². The third-order valence-electron chi connectivity index (χ3n) is 3.23. The van der Waals surface area contributed by atoms with Gasteiger partial charge in [0.15, 0.2) is 0 Å². The van der Waals surface area contributed by atoms with E-state index >= 15 is 0 Å². The van der Waals surface area contributed by atoms with Crippen LogP contribution in [0.5, 0.6) is 17.4 Å². The normalized spacial score (nSPS) is 13.5. The van der Waals surface area contributed by atoms with E-state index in [1.54, 1.807) is 30.3 Å². The van der Waals surface area contributed by atoms with E-state index in [-0.39, 0.29) is 0 Å². The highest BCUT2D eigenvalue weighted by atomic mass is 16.5. The number of benzene rings is 1. The molecule has 2 aromatic rings. The maximum absolute atomic E-state index is 9.11. The van der Waals surface area contributed by atoms with Gasteiger partial charge in [-0.25, -0.2) is 4.98 Å². The molecule has 2 N–H and O–H groups in total. The van der Waals surface area contributed by atoms with E-state index in [9.17, 15) is 0 Å². The summed E-state index contributed by atoms with van der Waals surface area (Å²) < 4.78 is 11.3. The quantitative estimate of drug-likeness (QED) is 0.910. The Kier molecular flexibility index (Phi) is 3.61. The van der Waals surface area contributed by atoms with Crippen LogP contribution in [0.3, 0.4) is 0 Å². The summed E-state index contributed by atoms with van der Waals surface area (Å²) >= 11 is 0. The molecule has 1 aliphatic rings. The van der Waals surface area contributed by atoms with Gasteiger partial charge in [0, 0.05) is 12.1 Å². The summed E-state index contributed by atoms with van der Waals surface area (Å²) in [5, 5.41) is 9.11. The number of pyridine rings is 1. The first-order chi connectivity index (χ1) is 10.2. The molecule has 1 aromatic carbocycles. The fourth-order valence-electron chi connectivity index (χ4n) is 1.84. The molecule has 0 saturated heterocycles. The Morgan fingerprint density at radius 2 is 2.14 bits per heavy atom. The number of anilines is 1. The zero-order chi connectivity index (χ0) is 14.7.